The highest BCUT2D eigenvalue weighted by molar-refractivity contribution is 6.62. The molecule has 0 aromatic heterocycles. The first-order chi connectivity index (χ1) is 15.1. The van der Waals surface area contributed by atoms with Gasteiger partial charge in [-0.15, -0.1) is 0 Å². The van der Waals surface area contributed by atoms with E-state index in [-0.39, 0.29) is 11.0 Å². The summed E-state index contributed by atoms with van der Waals surface area (Å²) in [5, 5.41) is 2.59. The van der Waals surface area contributed by atoms with Crippen LogP contribution >= 0.6 is 0 Å². The molecule has 2 aromatic rings. The molecule has 0 unspecified atom stereocenters. The second-order valence-electron chi connectivity index (χ2n) is 9.03. The Morgan fingerprint density at radius 1 is 1.09 bits per heavy atom. The highest BCUT2D eigenvalue weighted by atomic mass is 19.4. The van der Waals surface area contributed by atoms with Crippen LogP contribution in [0, 0.1) is 12.7 Å². The lowest BCUT2D eigenvalue weighted by molar-refractivity contribution is -0.189. The van der Waals surface area contributed by atoms with Gasteiger partial charge in [0.05, 0.1) is 16.8 Å². The number of anilines is 1. The number of para-hydroxylation sites is 1. The second-order valence-corrected chi connectivity index (χ2v) is 9.03. The second kappa shape index (κ2) is 8.64. The number of hydrogen-bond donors (Lipinski definition) is 1. The lowest BCUT2D eigenvalue weighted by atomic mass is 9.78. The first-order valence-electron chi connectivity index (χ1n) is 10.4. The number of nitrogens with one attached hydrogen (secondary N) is 1. The zero-order valence-corrected chi connectivity index (χ0v) is 19.3. The Kier molecular flexibility index (Phi) is 6.56. The van der Waals surface area contributed by atoms with Gasteiger partial charge in [-0.05, 0) is 65.3 Å². The van der Waals surface area contributed by atoms with Crippen LogP contribution in [0.3, 0.4) is 0 Å². The van der Waals surface area contributed by atoms with Gasteiger partial charge in [0.2, 0.25) is 0 Å². The van der Waals surface area contributed by atoms with Gasteiger partial charge in [0.25, 0.3) is 5.91 Å². The molecule has 1 heterocycles. The Hall–Kier alpha value is -2.59. The number of rotatable bonds is 5. The molecule has 1 aliphatic heterocycles. The van der Waals surface area contributed by atoms with Gasteiger partial charge in [-0.25, -0.2) is 4.39 Å². The summed E-state index contributed by atoms with van der Waals surface area (Å²) in [6.45, 7) is 9.60. The van der Waals surface area contributed by atoms with Crippen molar-refractivity contribution >= 4 is 24.2 Å². The molecule has 5 nitrogen and oxygen atoms in total. The number of hydrogen-bond acceptors (Lipinski definition) is 4. The minimum atomic E-state index is -4.69. The molecule has 1 N–H and O–H groups in total. The fraction of sp³-hybridized carbons (Fsp3) is 0.435. The summed E-state index contributed by atoms with van der Waals surface area (Å²) >= 11 is 0. The Labute approximate surface area is 190 Å². The SMILES string of the molecule is Cc1ccccc1NC(=O)c1cc(F)c(B2OC(C)(C)C(C)(C)O2)cc1O[C@@H](C)C(F)(F)F. The molecule has 1 saturated heterocycles. The monoisotopic (exact) mass is 467 g/mol. The summed E-state index contributed by atoms with van der Waals surface area (Å²) in [6.07, 6.45) is -6.93. The van der Waals surface area contributed by atoms with E-state index >= 15 is 4.39 Å². The number of carbonyl (C=O) groups is 1. The Morgan fingerprint density at radius 2 is 1.67 bits per heavy atom. The maximum Gasteiger partial charge on any atom is 0.497 e. The van der Waals surface area contributed by atoms with Crippen LogP contribution in [0.15, 0.2) is 36.4 Å². The van der Waals surface area contributed by atoms with Crippen LogP contribution in [-0.2, 0) is 9.31 Å². The van der Waals surface area contributed by atoms with Crippen molar-refractivity contribution in [1.82, 2.24) is 0 Å². The zero-order chi connectivity index (χ0) is 24.8. The zero-order valence-electron chi connectivity index (χ0n) is 19.3. The lowest BCUT2D eigenvalue weighted by Gasteiger charge is -2.32. The smallest absolute Gasteiger partial charge is 0.480 e. The van der Waals surface area contributed by atoms with Crippen molar-refractivity contribution in [2.24, 2.45) is 0 Å². The fourth-order valence-corrected chi connectivity index (χ4v) is 3.15. The number of alkyl halides is 3. The molecule has 1 fully saturated rings. The number of halogens is 4. The predicted molar refractivity (Wildman–Crippen MR) is 117 cm³/mol. The van der Waals surface area contributed by atoms with Crippen LogP contribution in [0.1, 0.15) is 50.5 Å². The largest absolute Gasteiger partial charge is 0.497 e. The number of ether oxygens (including phenoxy) is 1. The van der Waals surface area contributed by atoms with Gasteiger partial charge < -0.3 is 19.4 Å². The van der Waals surface area contributed by atoms with E-state index in [0.717, 1.165) is 24.6 Å². The first kappa shape index (κ1) is 25.0. The number of carbonyl (C=O) groups excluding carboxylic acids is 1. The first-order valence-corrected chi connectivity index (χ1v) is 10.4. The van der Waals surface area contributed by atoms with E-state index in [4.69, 9.17) is 14.0 Å². The molecule has 0 aliphatic carbocycles. The van der Waals surface area contributed by atoms with Gasteiger partial charge in [0.15, 0.2) is 6.10 Å². The molecule has 0 bridgehead atoms. The van der Waals surface area contributed by atoms with Crippen molar-refractivity contribution in [2.75, 3.05) is 5.32 Å². The van der Waals surface area contributed by atoms with Crippen LogP contribution in [0.5, 0.6) is 5.75 Å². The molecule has 0 saturated carbocycles. The molecular weight excluding hydrogens is 441 g/mol. The summed E-state index contributed by atoms with van der Waals surface area (Å²) in [4.78, 5) is 12.9. The van der Waals surface area contributed by atoms with Crippen LogP contribution in [0.2, 0.25) is 0 Å². The van der Waals surface area contributed by atoms with Gasteiger partial charge >= 0.3 is 13.3 Å². The van der Waals surface area contributed by atoms with E-state index in [1.807, 2.05) is 0 Å². The standard InChI is InChI=1S/C23H26BF4NO4/c1-13-9-7-8-10-18(13)29-20(30)15-11-17(25)16(12-19(15)31-14(2)23(26,27)28)24-32-21(3,4)22(5,6)33-24/h7-12,14H,1-6H3,(H,29,30)/t14-/m0/s1. The summed E-state index contributed by atoms with van der Waals surface area (Å²) < 4.78 is 71.5. The molecular formula is C23H26BF4NO4. The number of benzene rings is 2. The Bertz CT molecular complexity index is 1040. The van der Waals surface area contributed by atoms with Crippen molar-refractivity contribution in [3.63, 3.8) is 0 Å². The maximum atomic E-state index is 15.1. The van der Waals surface area contributed by atoms with E-state index in [2.05, 4.69) is 5.32 Å². The van der Waals surface area contributed by atoms with E-state index in [1.54, 1.807) is 58.9 Å². The van der Waals surface area contributed by atoms with E-state index in [0.29, 0.717) is 5.69 Å². The van der Waals surface area contributed by atoms with Crippen molar-refractivity contribution in [3.05, 3.63) is 53.3 Å². The Balaban J connectivity index is 2.03. The molecule has 0 radical (unpaired) electrons. The number of amides is 1. The molecule has 1 atom stereocenters. The van der Waals surface area contributed by atoms with Gasteiger partial charge in [-0.2, -0.15) is 13.2 Å². The third-order valence-corrected chi connectivity index (χ3v) is 6.01. The lowest BCUT2D eigenvalue weighted by Crippen LogP contribution is -2.41. The van der Waals surface area contributed by atoms with Crippen molar-refractivity contribution < 1.29 is 36.4 Å². The van der Waals surface area contributed by atoms with Crippen LogP contribution in [0.4, 0.5) is 23.2 Å². The topological polar surface area (TPSA) is 56.8 Å². The average Bonchev–Trinajstić information content (AvgIpc) is 2.90. The van der Waals surface area contributed by atoms with Gasteiger partial charge in [0.1, 0.15) is 11.6 Å². The summed E-state index contributed by atoms with van der Waals surface area (Å²) in [5.41, 5.74) is -0.979. The summed E-state index contributed by atoms with van der Waals surface area (Å²) in [6, 6.07) is 8.71. The highest BCUT2D eigenvalue weighted by Gasteiger charge is 2.52. The maximum absolute atomic E-state index is 15.1. The van der Waals surface area contributed by atoms with Gasteiger partial charge in [-0.3, -0.25) is 4.79 Å². The third-order valence-electron chi connectivity index (χ3n) is 6.01. The Morgan fingerprint density at radius 3 is 2.21 bits per heavy atom. The molecule has 1 amide bonds. The van der Waals surface area contributed by atoms with E-state index < -0.39 is 48.1 Å². The fourth-order valence-electron chi connectivity index (χ4n) is 3.15. The number of aryl methyl sites for hydroxylation is 1. The predicted octanol–water partition coefficient (Wildman–Crippen LogP) is 5.02. The average molecular weight is 467 g/mol. The summed E-state index contributed by atoms with van der Waals surface area (Å²) in [5.74, 6) is -2.11. The van der Waals surface area contributed by atoms with Crippen molar-refractivity contribution in [2.45, 2.75) is 65.0 Å². The quantitative estimate of drug-likeness (QED) is 0.496. The minimum absolute atomic E-state index is 0.162. The van der Waals surface area contributed by atoms with Crippen LogP contribution < -0.4 is 15.5 Å². The molecule has 178 valence electrons. The molecule has 0 spiro atoms. The highest BCUT2D eigenvalue weighted by Crippen LogP contribution is 2.37. The molecule has 10 heteroatoms. The molecule has 2 aromatic carbocycles. The van der Waals surface area contributed by atoms with Gasteiger partial charge in [0, 0.05) is 11.2 Å². The molecule has 33 heavy (non-hydrogen) atoms. The van der Waals surface area contributed by atoms with E-state index in [9.17, 15) is 18.0 Å². The van der Waals surface area contributed by atoms with Crippen molar-refractivity contribution in [1.29, 1.82) is 0 Å². The minimum Gasteiger partial charge on any atom is -0.480 e. The van der Waals surface area contributed by atoms with Gasteiger partial charge in [-0.1, -0.05) is 18.2 Å². The third kappa shape index (κ3) is 5.17. The summed E-state index contributed by atoms with van der Waals surface area (Å²) in [7, 11) is -1.19. The van der Waals surface area contributed by atoms with Crippen LogP contribution in [0.25, 0.3) is 0 Å². The molecule has 1 aliphatic rings. The molecule has 3 rings (SSSR count). The normalized spacial score (nSPS) is 18.2. The van der Waals surface area contributed by atoms with E-state index in [1.165, 1.54) is 0 Å². The van der Waals surface area contributed by atoms with Crippen molar-refractivity contribution in [3.8, 4) is 5.75 Å². The van der Waals surface area contributed by atoms with Crippen LogP contribution in [-0.4, -0.2) is 36.5 Å².